The maximum Gasteiger partial charge on any atom is 0.303 e. The third kappa shape index (κ3) is 3.16. The zero-order valence-electron chi connectivity index (χ0n) is 18.3. The number of carbonyl (C=O) groups is 3. The third-order valence-corrected chi connectivity index (χ3v) is 8.71. The molecule has 8 atom stereocenters. The van der Waals surface area contributed by atoms with Gasteiger partial charge < -0.3 is 9.47 Å². The van der Waals surface area contributed by atoms with Crippen molar-refractivity contribution in [3.05, 3.63) is 11.6 Å². The molecule has 0 saturated heterocycles. The Kier molecular flexibility index (Phi) is 4.94. The standard InChI is InChI=1S/C24H34O5/c1-13-6-8-23(4)16(10-13)11-19(27)21-17(23)7-9-24(5)18(21)12-20(28-14(2)25)22(24)29-15(3)26/h11,13,17-18,20-22H,6-10,12H2,1-5H3/t13-,17?,18?,20-,21?,22+,23+,24+/m1/s1. The van der Waals surface area contributed by atoms with Gasteiger partial charge >= 0.3 is 11.9 Å². The number of carbonyl (C=O) groups excluding carboxylic acids is 3. The second-order valence-corrected chi connectivity index (χ2v) is 10.5. The molecule has 0 aromatic rings. The van der Waals surface area contributed by atoms with Crippen LogP contribution in [0.5, 0.6) is 0 Å². The van der Waals surface area contributed by atoms with Gasteiger partial charge in [0.05, 0.1) is 0 Å². The maximum absolute atomic E-state index is 13.4. The van der Waals surface area contributed by atoms with E-state index in [0.717, 1.165) is 25.7 Å². The molecule has 29 heavy (non-hydrogen) atoms. The molecule has 4 aliphatic rings. The van der Waals surface area contributed by atoms with E-state index in [1.807, 2.05) is 6.08 Å². The second kappa shape index (κ2) is 6.95. The Morgan fingerprint density at radius 2 is 1.72 bits per heavy atom. The Bertz CT molecular complexity index is 769. The predicted molar refractivity (Wildman–Crippen MR) is 108 cm³/mol. The van der Waals surface area contributed by atoms with Crippen molar-refractivity contribution in [2.45, 2.75) is 85.4 Å². The highest BCUT2D eigenvalue weighted by Crippen LogP contribution is 2.65. The minimum absolute atomic E-state index is 0.0661. The minimum atomic E-state index is -0.479. The van der Waals surface area contributed by atoms with Crippen LogP contribution in [0.3, 0.4) is 0 Å². The molecular formula is C24H34O5. The molecule has 0 radical (unpaired) electrons. The van der Waals surface area contributed by atoms with E-state index in [4.69, 9.17) is 9.47 Å². The Balaban J connectivity index is 1.71. The number of ketones is 1. The summed E-state index contributed by atoms with van der Waals surface area (Å²) < 4.78 is 11.3. The molecule has 3 fully saturated rings. The van der Waals surface area contributed by atoms with Gasteiger partial charge in [0.25, 0.3) is 0 Å². The van der Waals surface area contributed by atoms with E-state index in [9.17, 15) is 14.4 Å². The molecule has 0 aromatic carbocycles. The molecule has 0 spiro atoms. The summed E-state index contributed by atoms with van der Waals surface area (Å²) in [7, 11) is 0. The lowest BCUT2D eigenvalue weighted by molar-refractivity contribution is -0.172. The molecule has 0 bridgehead atoms. The summed E-state index contributed by atoms with van der Waals surface area (Å²) in [6.45, 7) is 9.56. The first-order valence-electron chi connectivity index (χ1n) is 11.2. The lowest BCUT2D eigenvalue weighted by Gasteiger charge is -2.56. The molecule has 0 aromatic heterocycles. The van der Waals surface area contributed by atoms with Crippen molar-refractivity contribution in [2.24, 2.45) is 34.5 Å². The Morgan fingerprint density at radius 3 is 2.38 bits per heavy atom. The van der Waals surface area contributed by atoms with Gasteiger partial charge in [-0.3, -0.25) is 14.4 Å². The van der Waals surface area contributed by atoms with Gasteiger partial charge in [-0.2, -0.15) is 0 Å². The van der Waals surface area contributed by atoms with E-state index < -0.39 is 12.2 Å². The monoisotopic (exact) mass is 402 g/mol. The molecule has 0 amide bonds. The van der Waals surface area contributed by atoms with Crippen LogP contribution in [-0.4, -0.2) is 29.9 Å². The zero-order valence-corrected chi connectivity index (χ0v) is 18.3. The predicted octanol–water partition coefficient (Wildman–Crippen LogP) is 4.24. The van der Waals surface area contributed by atoms with Crippen molar-refractivity contribution in [2.75, 3.05) is 0 Å². The van der Waals surface area contributed by atoms with E-state index in [0.29, 0.717) is 18.3 Å². The van der Waals surface area contributed by atoms with Crippen LogP contribution >= 0.6 is 0 Å². The first kappa shape index (κ1) is 20.6. The van der Waals surface area contributed by atoms with Gasteiger partial charge in [-0.15, -0.1) is 0 Å². The normalized spacial score (nSPS) is 46.1. The largest absolute Gasteiger partial charge is 0.459 e. The van der Waals surface area contributed by atoms with Crippen molar-refractivity contribution in [1.29, 1.82) is 0 Å². The molecule has 3 unspecified atom stereocenters. The number of fused-ring (bicyclic) bond motifs is 5. The number of rotatable bonds is 2. The molecule has 4 rings (SSSR count). The average molecular weight is 403 g/mol. The van der Waals surface area contributed by atoms with Crippen molar-refractivity contribution in [3.8, 4) is 0 Å². The van der Waals surface area contributed by atoms with Gasteiger partial charge in [-0.25, -0.2) is 0 Å². The second-order valence-electron chi connectivity index (χ2n) is 10.5. The molecule has 3 saturated carbocycles. The molecule has 5 heteroatoms. The summed E-state index contributed by atoms with van der Waals surface area (Å²) in [4.78, 5) is 36.9. The van der Waals surface area contributed by atoms with Crippen molar-refractivity contribution < 1.29 is 23.9 Å². The van der Waals surface area contributed by atoms with Gasteiger partial charge in [0.15, 0.2) is 5.78 Å². The first-order chi connectivity index (χ1) is 13.6. The van der Waals surface area contributed by atoms with E-state index in [2.05, 4.69) is 20.8 Å². The van der Waals surface area contributed by atoms with Gasteiger partial charge in [0, 0.05) is 25.2 Å². The highest BCUT2D eigenvalue weighted by atomic mass is 16.6. The van der Waals surface area contributed by atoms with Gasteiger partial charge in [-0.1, -0.05) is 26.3 Å². The van der Waals surface area contributed by atoms with Crippen LogP contribution in [0.25, 0.3) is 0 Å². The highest BCUT2D eigenvalue weighted by molar-refractivity contribution is 5.94. The van der Waals surface area contributed by atoms with Crippen LogP contribution in [0.4, 0.5) is 0 Å². The summed E-state index contributed by atoms with van der Waals surface area (Å²) in [5, 5.41) is 0. The average Bonchev–Trinajstić information content (AvgIpc) is 2.88. The SMILES string of the molecule is CC(=O)O[C@@H]1CC2C3C(=O)C=C4C[C@H](C)CC[C@]4(C)C3CC[C@]2(C)[C@H]1OC(C)=O. The lowest BCUT2D eigenvalue weighted by Crippen LogP contribution is -2.54. The number of hydrogen-bond donors (Lipinski definition) is 0. The van der Waals surface area contributed by atoms with Crippen LogP contribution in [0.1, 0.15) is 73.1 Å². The third-order valence-electron chi connectivity index (χ3n) is 8.71. The highest BCUT2D eigenvalue weighted by Gasteiger charge is 2.65. The molecule has 0 heterocycles. The van der Waals surface area contributed by atoms with E-state index in [1.54, 1.807) is 0 Å². The molecule has 160 valence electrons. The Hall–Kier alpha value is -1.65. The van der Waals surface area contributed by atoms with E-state index in [1.165, 1.54) is 25.8 Å². The van der Waals surface area contributed by atoms with Crippen LogP contribution in [0, 0.1) is 34.5 Å². The number of ether oxygens (including phenoxy) is 2. The molecule has 5 nitrogen and oxygen atoms in total. The lowest BCUT2D eigenvalue weighted by atomic mass is 9.47. The summed E-state index contributed by atoms with van der Waals surface area (Å²) in [6.07, 6.45) is 6.81. The fourth-order valence-electron chi connectivity index (χ4n) is 7.25. The number of allylic oxidation sites excluding steroid dienone is 2. The minimum Gasteiger partial charge on any atom is -0.459 e. The van der Waals surface area contributed by atoms with Crippen LogP contribution in [-0.2, 0) is 23.9 Å². The molecule has 0 N–H and O–H groups in total. The summed E-state index contributed by atoms with van der Waals surface area (Å²) >= 11 is 0. The fraction of sp³-hybridized carbons (Fsp3) is 0.792. The van der Waals surface area contributed by atoms with Gasteiger partial charge in [0.1, 0.15) is 12.2 Å². The summed E-state index contributed by atoms with van der Waals surface area (Å²) in [5.41, 5.74) is 1.09. The van der Waals surface area contributed by atoms with Crippen molar-refractivity contribution in [3.63, 3.8) is 0 Å². The zero-order chi connectivity index (χ0) is 21.1. The molecular weight excluding hydrogens is 368 g/mol. The first-order valence-corrected chi connectivity index (χ1v) is 11.2. The van der Waals surface area contributed by atoms with Crippen LogP contribution < -0.4 is 0 Å². The Morgan fingerprint density at radius 1 is 1.03 bits per heavy atom. The number of hydrogen-bond acceptors (Lipinski definition) is 5. The van der Waals surface area contributed by atoms with Gasteiger partial charge in [0.2, 0.25) is 0 Å². The summed E-state index contributed by atoms with van der Waals surface area (Å²) in [5.74, 6) is 0.469. The summed E-state index contributed by atoms with van der Waals surface area (Å²) in [6, 6.07) is 0. The van der Waals surface area contributed by atoms with Crippen LogP contribution in [0.15, 0.2) is 11.6 Å². The van der Waals surface area contributed by atoms with Crippen molar-refractivity contribution >= 4 is 17.7 Å². The Labute approximate surface area is 173 Å². The number of esters is 2. The quantitative estimate of drug-likeness (QED) is 0.646. The van der Waals surface area contributed by atoms with Gasteiger partial charge in [-0.05, 0) is 67.8 Å². The topological polar surface area (TPSA) is 69.7 Å². The smallest absolute Gasteiger partial charge is 0.303 e. The van der Waals surface area contributed by atoms with Crippen molar-refractivity contribution in [1.82, 2.24) is 0 Å². The van der Waals surface area contributed by atoms with E-state index in [-0.39, 0.29) is 40.4 Å². The maximum atomic E-state index is 13.4. The van der Waals surface area contributed by atoms with E-state index >= 15 is 0 Å². The molecule has 4 aliphatic carbocycles. The molecule has 0 aliphatic heterocycles. The fourth-order valence-corrected chi connectivity index (χ4v) is 7.25. The van der Waals surface area contributed by atoms with Crippen LogP contribution in [0.2, 0.25) is 0 Å².